The smallest absolute Gasteiger partial charge is 0.306 e. The molecule has 1 aliphatic rings. The van der Waals surface area contributed by atoms with E-state index in [4.69, 9.17) is 14.3 Å². The average molecular weight is 239 g/mol. The Labute approximate surface area is 97.8 Å². The summed E-state index contributed by atoms with van der Waals surface area (Å²) in [6, 6.07) is 3.23. The molecular formula is C11H13NO5. The Morgan fingerprint density at radius 2 is 2.35 bits per heavy atom. The van der Waals surface area contributed by atoms with Crippen LogP contribution in [-0.2, 0) is 9.53 Å². The van der Waals surface area contributed by atoms with E-state index in [1.54, 1.807) is 17.0 Å². The molecule has 1 atom stereocenters. The topological polar surface area (TPSA) is 80.0 Å². The Bertz CT molecular complexity index is 400. The predicted octanol–water partition coefficient (Wildman–Crippen LogP) is 0.595. The molecular weight excluding hydrogens is 226 g/mol. The van der Waals surface area contributed by atoms with E-state index >= 15 is 0 Å². The molecule has 1 fully saturated rings. The molecule has 1 N–H and O–H groups in total. The summed E-state index contributed by atoms with van der Waals surface area (Å²) < 4.78 is 10.3. The van der Waals surface area contributed by atoms with E-state index in [0.29, 0.717) is 13.2 Å². The molecule has 0 aromatic carbocycles. The predicted molar refractivity (Wildman–Crippen MR) is 56.6 cm³/mol. The first kappa shape index (κ1) is 11.7. The van der Waals surface area contributed by atoms with Gasteiger partial charge in [0.15, 0.2) is 5.76 Å². The first-order valence-electron chi connectivity index (χ1n) is 5.33. The summed E-state index contributed by atoms with van der Waals surface area (Å²) in [5.41, 5.74) is 0. The molecule has 6 heteroatoms. The van der Waals surface area contributed by atoms with Gasteiger partial charge in [0.1, 0.15) is 0 Å². The van der Waals surface area contributed by atoms with Crippen LogP contribution in [0.1, 0.15) is 17.0 Å². The number of rotatable bonds is 3. The molecule has 0 spiro atoms. The van der Waals surface area contributed by atoms with Gasteiger partial charge in [0.25, 0.3) is 5.91 Å². The number of hydrogen-bond acceptors (Lipinski definition) is 4. The van der Waals surface area contributed by atoms with Gasteiger partial charge in [-0.25, -0.2) is 0 Å². The Kier molecular flexibility index (Phi) is 3.43. The van der Waals surface area contributed by atoms with Crippen LogP contribution in [0, 0.1) is 0 Å². The fourth-order valence-corrected chi connectivity index (χ4v) is 1.78. The van der Waals surface area contributed by atoms with Crippen molar-refractivity contribution in [2.75, 3.05) is 19.7 Å². The lowest BCUT2D eigenvalue weighted by Gasteiger charge is -2.31. The number of hydrogen-bond donors (Lipinski definition) is 1. The second kappa shape index (κ2) is 5.01. The van der Waals surface area contributed by atoms with Crippen LogP contribution in [-0.4, -0.2) is 47.7 Å². The number of carbonyl (C=O) groups is 2. The van der Waals surface area contributed by atoms with Gasteiger partial charge in [-0.15, -0.1) is 0 Å². The lowest BCUT2D eigenvalue weighted by molar-refractivity contribution is -0.141. The summed E-state index contributed by atoms with van der Waals surface area (Å²) in [6.07, 6.45) is 0.893. The third-order valence-corrected chi connectivity index (χ3v) is 2.56. The van der Waals surface area contributed by atoms with Crippen molar-refractivity contribution in [1.29, 1.82) is 0 Å². The van der Waals surface area contributed by atoms with Crippen molar-refractivity contribution in [2.45, 2.75) is 12.5 Å². The zero-order valence-corrected chi connectivity index (χ0v) is 9.17. The molecule has 17 heavy (non-hydrogen) atoms. The minimum absolute atomic E-state index is 0.0953. The Balaban J connectivity index is 1.97. The molecule has 0 saturated carbocycles. The van der Waals surface area contributed by atoms with Gasteiger partial charge in [-0.1, -0.05) is 0 Å². The van der Waals surface area contributed by atoms with Crippen LogP contribution in [0.2, 0.25) is 0 Å². The summed E-state index contributed by atoms with van der Waals surface area (Å²) in [5, 5.41) is 8.67. The Hall–Kier alpha value is -1.82. The molecule has 1 unspecified atom stereocenters. The summed E-state index contributed by atoms with van der Waals surface area (Å²) in [6.45, 7) is 1.09. The van der Waals surface area contributed by atoms with Crippen LogP contribution < -0.4 is 0 Å². The zero-order chi connectivity index (χ0) is 12.3. The van der Waals surface area contributed by atoms with Crippen molar-refractivity contribution in [3.63, 3.8) is 0 Å². The number of carboxylic acids is 1. The summed E-state index contributed by atoms with van der Waals surface area (Å²) in [7, 11) is 0. The van der Waals surface area contributed by atoms with Gasteiger partial charge in [-0.2, -0.15) is 0 Å². The maximum Gasteiger partial charge on any atom is 0.306 e. The fraction of sp³-hybridized carbons (Fsp3) is 0.455. The van der Waals surface area contributed by atoms with Crippen LogP contribution in [0.5, 0.6) is 0 Å². The lowest BCUT2D eigenvalue weighted by atomic mass is 10.2. The Morgan fingerprint density at radius 3 is 3.00 bits per heavy atom. The molecule has 1 aliphatic heterocycles. The summed E-state index contributed by atoms with van der Waals surface area (Å²) in [4.78, 5) is 24.0. The lowest BCUT2D eigenvalue weighted by Crippen LogP contribution is -2.46. The van der Waals surface area contributed by atoms with E-state index in [0.717, 1.165) is 0 Å². The van der Waals surface area contributed by atoms with E-state index in [2.05, 4.69) is 0 Å². The third-order valence-electron chi connectivity index (χ3n) is 2.56. The second-order valence-corrected chi connectivity index (χ2v) is 3.82. The number of ether oxygens (including phenoxy) is 1. The summed E-state index contributed by atoms with van der Waals surface area (Å²) >= 11 is 0. The molecule has 2 heterocycles. The van der Waals surface area contributed by atoms with Gasteiger partial charge in [-0.3, -0.25) is 9.59 Å². The van der Waals surface area contributed by atoms with Crippen LogP contribution >= 0.6 is 0 Å². The highest BCUT2D eigenvalue weighted by Gasteiger charge is 2.27. The quantitative estimate of drug-likeness (QED) is 0.835. The van der Waals surface area contributed by atoms with Gasteiger partial charge < -0.3 is 19.2 Å². The summed E-state index contributed by atoms with van der Waals surface area (Å²) in [5.74, 6) is -0.892. The third kappa shape index (κ3) is 2.85. The standard InChI is InChI=1S/C11H13NO5/c13-10(14)6-8-7-12(3-5-16-8)11(15)9-2-1-4-17-9/h1-2,4,8H,3,5-7H2,(H,13,14). The molecule has 2 rings (SSSR count). The molecule has 1 amide bonds. The maximum absolute atomic E-state index is 11.9. The van der Waals surface area contributed by atoms with Gasteiger partial charge in [0.2, 0.25) is 0 Å². The SMILES string of the molecule is O=C(O)CC1CN(C(=O)c2ccco2)CCO1. The minimum atomic E-state index is -0.928. The maximum atomic E-state index is 11.9. The normalized spacial score (nSPS) is 20.2. The van der Waals surface area contributed by atoms with Crippen molar-refractivity contribution in [3.05, 3.63) is 24.2 Å². The highest BCUT2D eigenvalue weighted by atomic mass is 16.5. The van der Waals surface area contributed by atoms with Crippen LogP contribution in [0.25, 0.3) is 0 Å². The Morgan fingerprint density at radius 1 is 1.53 bits per heavy atom. The molecule has 0 radical (unpaired) electrons. The number of nitrogens with zero attached hydrogens (tertiary/aromatic N) is 1. The molecule has 1 aromatic heterocycles. The van der Waals surface area contributed by atoms with Crippen molar-refractivity contribution in [3.8, 4) is 0 Å². The first-order chi connectivity index (χ1) is 8.16. The van der Waals surface area contributed by atoms with Crippen molar-refractivity contribution in [1.82, 2.24) is 4.90 Å². The van der Waals surface area contributed by atoms with Crippen LogP contribution in [0.3, 0.4) is 0 Å². The van der Waals surface area contributed by atoms with Crippen molar-refractivity contribution in [2.24, 2.45) is 0 Å². The number of carboxylic acid groups (broad SMARTS) is 1. The van der Waals surface area contributed by atoms with E-state index in [9.17, 15) is 9.59 Å². The number of aliphatic carboxylic acids is 1. The molecule has 6 nitrogen and oxygen atoms in total. The van der Waals surface area contributed by atoms with Gasteiger partial charge in [0.05, 0.1) is 25.4 Å². The molecule has 0 bridgehead atoms. The van der Waals surface area contributed by atoms with Gasteiger partial charge >= 0.3 is 5.97 Å². The number of morpholine rings is 1. The van der Waals surface area contributed by atoms with E-state index in [-0.39, 0.29) is 24.6 Å². The van der Waals surface area contributed by atoms with Crippen LogP contribution in [0.4, 0.5) is 0 Å². The van der Waals surface area contributed by atoms with E-state index < -0.39 is 12.1 Å². The minimum Gasteiger partial charge on any atom is -0.481 e. The largest absolute Gasteiger partial charge is 0.481 e. The van der Waals surface area contributed by atoms with Crippen LogP contribution in [0.15, 0.2) is 22.8 Å². The van der Waals surface area contributed by atoms with Crippen molar-refractivity contribution >= 4 is 11.9 Å². The van der Waals surface area contributed by atoms with Crippen molar-refractivity contribution < 1.29 is 23.8 Å². The highest BCUT2D eigenvalue weighted by Crippen LogP contribution is 2.13. The first-order valence-corrected chi connectivity index (χ1v) is 5.33. The highest BCUT2D eigenvalue weighted by molar-refractivity contribution is 5.91. The molecule has 0 aliphatic carbocycles. The fourth-order valence-electron chi connectivity index (χ4n) is 1.78. The van der Waals surface area contributed by atoms with Gasteiger partial charge in [0, 0.05) is 13.1 Å². The monoisotopic (exact) mass is 239 g/mol. The second-order valence-electron chi connectivity index (χ2n) is 3.82. The zero-order valence-electron chi connectivity index (χ0n) is 9.17. The number of furan rings is 1. The number of amides is 1. The average Bonchev–Trinajstić information content (AvgIpc) is 2.81. The number of carbonyl (C=O) groups excluding carboxylic acids is 1. The van der Waals surface area contributed by atoms with E-state index in [1.807, 2.05) is 0 Å². The molecule has 92 valence electrons. The molecule has 1 saturated heterocycles. The molecule has 1 aromatic rings. The van der Waals surface area contributed by atoms with E-state index in [1.165, 1.54) is 6.26 Å². The van der Waals surface area contributed by atoms with Gasteiger partial charge in [-0.05, 0) is 12.1 Å².